The summed E-state index contributed by atoms with van der Waals surface area (Å²) in [5.41, 5.74) is 9.52. The Morgan fingerprint density at radius 3 is 3.00 bits per heavy atom. The van der Waals surface area contributed by atoms with Crippen molar-refractivity contribution in [2.24, 2.45) is 0 Å². The number of nitrogens with one attached hydrogen (secondary N) is 1. The van der Waals surface area contributed by atoms with E-state index in [0.29, 0.717) is 5.56 Å². The normalized spacial score (nSPS) is 17.2. The molecule has 1 amide bonds. The molecular weight excluding hydrogens is 240 g/mol. The first-order chi connectivity index (χ1) is 9.13. The van der Waals surface area contributed by atoms with Gasteiger partial charge in [-0.15, -0.1) is 0 Å². The maximum Gasteiger partial charge on any atom is 0.255 e. The SMILES string of the molecule is Cc1cc(C(=O)NC2CCc3cc(N)ccc32)co1. The first-order valence-electron chi connectivity index (χ1n) is 6.38. The number of aryl methyl sites for hydroxylation is 2. The van der Waals surface area contributed by atoms with Gasteiger partial charge in [0.15, 0.2) is 0 Å². The van der Waals surface area contributed by atoms with E-state index < -0.39 is 0 Å². The third-order valence-electron chi connectivity index (χ3n) is 3.54. The third-order valence-corrected chi connectivity index (χ3v) is 3.54. The van der Waals surface area contributed by atoms with E-state index in [1.807, 2.05) is 25.1 Å². The van der Waals surface area contributed by atoms with Crippen molar-refractivity contribution in [2.45, 2.75) is 25.8 Å². The summed E-state index contributed by atoms with van der Waals surface area (Å²) in [6.07, 6.45) is 3.36. The molecule has 4 nitrogen and oxygen atoms in total. The molecule has 1 unspecified atom stereocenters. The quantitative estimate of drug-likeness (QED) is 0.811. The van der Waals surface area contributed by atoms with Crippen LogP contribution in [0.3, 0.4) is 0 Å². The number of rotatable bonds is 2. The number of benzene rings is 1. The van der Waals surface area contributed by atoms with Crippen molar-refractivity contribution in [1.82, 2.24) is 5.32 Å². The van der Waals surface area contributed by atoms with Gasteiger partial charge in [-0.2, -0.15) is 0 Å². The fourth-order valence-corrected chi connectivity index (χ4v) is 2.59. The van der Waals surface area contributed by atoms with Crippen LogP contribution in [-0.4, -0.2) is 5.91 Å². The molecule has 0 saturated heterocycles. The molecule has 1 heterocycles. The lowest BCUT2D eigenvalue weighted by molar-refractivity contribution is 0.0936. The minimum absolute atomic E-state index is 0.0679. The molecule has 3 rings (SSSR count). The Balaban J connectivity index is 1.78. The second-order valence-electron chi connectivity index (χ2n) is 4.97. The Labute approximate surface area is 111 Å². The Kier molecular flexibility index (Phi) is 2.78. The molecule has 1 atom stereocenters. The molecule has 3 N–H and O–H groups in total. The summed E-state index contributed by atoms with van der Waals surface area (Å²) < 4.78 is 5.16. The molecule has 4 heteroatoms. The molecule has 0 radical (unpaired) electrons. The molecule has 1 aromatic heterocycles. The molecule has 1 aromatic carbocycles. The van der Waals surface area contributed by atoms with E-state index in [0.717, 1.165) is 24.3 Å². The van der Waals surface area contributed by atoms with Crippen molar-refractivity contribution in [2.75, 3.05) is 5.73 Å². The zero-order chi connectivity index (χ0) is 13.4. The highest BCUT2D eigenvalue weighted by molar-refractivity contribution is 5.94. The van der Waals surface area contributed by atoms with Crippen LogP contribution in [-0.2, 0) is 6.42 Å². The maximum absolute atomic E-state index is 12.1. The van der Waals surface area contributed by atoms with Gasteiger partial charge in [0.2, 0.25) is 0 Å². The molecule has 0 bridgehead atoms. The van der Waals surface area contributed by atoms with Gasteiger partial charge < -0.3 is 15.5 Å². The first kappa shape index (κ1) is 11.8. The second-order valence-corrected chi connectivity index (χ2v) is 4.97. The fourth-order valence-electron chi connectivity index (χ4n) is 2.59. The predicted octanol–water partition coefficient (Wildman–Crippen LogP) is 2.59. The van der Waals surface area contributed by atoms with Gasteiger partial charge in [0, 0.05) is 5.69 Å². The van der Waals surface area contributed by atoms with Gasteiger partial charge in [0.25, 0.3) is 5.91 Å². The van der Waals surface area contributed by atoms with E-state index in [4.69, 9.17) is 10.2 Å². The number of anilines is 1. The standard InChI is InChI=1S/C15H16N2O2/c1-9-6-11(8-19-9)15(18)17-14-5-2-10-7-12(16)3-4-13(10)14/h3-4,6-8,14H,2,5,16H2,1H3,(H,17,18). The molecule has 1 aliphatic carbocycles. The highest BCUT2D eigenvalue weighted by atomic mass is 16.3. The lowest BCUT2D eigenvalue weighted by atomic mass is 10.1. The zero-order valence-electron chi connectivity index (χ0n) is 10.8. The number of carbonyl (C=O) groups excluding carboxylic acids is 1. The van der Waals surface area contributed by atoms with Crippen LogP contribution in [0.5, 0.6) is 0 Å². The van der Waals surface area contributed by atoms with Crippen LogP contribution >= 0.6 is 0 Å². The summed E-state index contributed by atoms with van der Waals surface area (Å²) in [6.45, 7) is 1.82. The van der Waals surface area contributed by atoms with Crippen LogP contribution in [0.2, 0.25) is 0 Å². The summed E-state index contributed by atoms with van der Waals surface area (Å²) in [6, 6.07) is 7.69. The van der Waals surface area contributed by atoms with Crippen molar-refractivity contribution in [1.29, 1.82) is 0 Å². The fraction of sp³-hybridized carbons (Fsp3) is 0.267. The number of nitrogen functional groups attached to an aromatic ring is 1. The van der Waals surface area contributed by atoms with Crippen LogP contribution in [0.4, 0.5) is 5.69 Å². The highest BCUT2D eigenvalue weighted by Crippen LogP contribution is 2.32. The number of hydrogen-bond acceptors (Lipinski definition) is 3. The van der Waals surface area contributed by atoms with Gasteiger partial charge >= 0.3 is 0 Å². The molecule has 19 heavy (non-hydrogen) atoms. The molecule has 0 fully saturated rings. The van der Waals surface area contributed by atoms with Crippen LogP contribution in [0.1, 0.15) is 39.7 Å². The Hall–Kier alpha value is -2.23. The minimum Gasteiger partial charge on any atom is -0.469 e. The van der Waals surface area contributed by atoms with Gasteiger partial charge in [-0.3, -0.25) is 4.79 Å². The number of carbonyl (C=O) groups is 1. The second kappa shape index (κ2) is 4.46. The summed E-state index contributed by atoms with van der Waals surface area (Å²) in [4.78, 5) is 12.1. The van der Waals surface area contributed by atoms with Crippen LogP contribution in [0.15, 0.2) is 34.9 Å². The summed E-state index contributed by atoms with van der Waals surface area (Å²) >= 11 is 0. The number of nitrogens with two attached hydrogens (primary N) is 1. The average Bonchev–Trinajstić information content (AvgIpc) is 2.96. The van der Waals surface area contributed by atoms with Gasteiger partial charge in [0.1, 0.15) is 12.0 Å². The summed E-state index contributed by atoms with van der Waals surface area (Å²) in [5, 5.41) is 3.04. The number of hydrogen-bond donors (Lipinski definition) is 2. The van der Waals surface area contributed by atoms with Gasteiger partial charge in [-0.25, -0.2) is 0 Å². The Bertz CT molecular complexity index is 631. The molecule has 2 aromatic rings. The van der Waals surface area contributed by atoms with Gasteiger partial charge in [-0.1, -0.05) is 6.07 Å². The Morgan fingerprint density at radius 2 is 2.26 bits per heavy atom. The smallest absolute Gasteiger partial charge is 0.255 e. The number of fused-ring (bicyclic) bond motifs is 1. The number of furan rings is 1. The lowest BCUT2D eigenvalue weighted by Crippen LogP contribution is -2.26. The highest BCUT2D eigenvalue weighted by Gasteiger charge is 2.24. The molecular formula is C15H16N2O2. The molecule has 0 saturated carbocycles. The van der Waals surface area contributed by atoms with Crippen molar-refractivity contribution >= 4 is 11.6 Å². The summed E-state index contributed by atoms with van der Waals surface area (Å²) in [7, 11) is 0. The molecule has 0 spiro atoms. The van der Waals surface area contributed by atoms with Crippen LogP contribution < -0.4 is 11.1 Å². The van der Waals surface area contributed by atoms with Gasteiger partial charge in [-0.05, 0) is 49.1 Å². The van der Waals surface area contributed by atoms with Gasteiger partial charge in [0.05, 0.1) is 11.6 Å². The summed E-state index contributed by atoms with van der Waals surface area (Å²) in [5.74, 6) is 0.649. The minimum atomic E-state index is -0.0912. The van der Waals surface area contributed by atoms with Crippen molar-refractivity contribution in [3.8, 4) is 0 Å². The Morgan fingerprint density at radius 1 is 1.42 bits per heavy atom. The third kappa shape index (κ3) is 2.21. The van der Waals surface area contributed by atoms with E-state index in [1.165, 1.54) is 17.4 Å². The van der Waals surface area contributed by atoms with Crippen LogP contribution in [0, 0.1) is 6.92 Å². The van der Waals surface area contributed by atoms with E-state index >= 15 is 0 Å². The average molecular weight is 256 g/mol. The van der Waals surface area contributed by atoms with E-state index in [1.54, 1.807) is 6.07 Å². The van der Waals surface area contributed by atoms with Crippen molar-refractivity contribution in [3.05, 3.63) is 53.0 Å². The molecule has 0 aliphatic heterocycles. The monoisotopic (exact) mass is 256 g/mol. The number of amides is 1. The van der Waals surface area contributed by atoms with Crippen molar-refractivity contribution < 1.29 is 9.21 Å². The largest absolute Gasteiger partial charge is 0.469 e. The maximum atomic E-state index is 12.1. The predicted molar refractivity (Wildman–Crippen MR) is 72.8 cm³/mol. The van der Waals surface area contributed by atoms with Crippen molar-refractivity contribution in [3.63, 3.8) is 0 Å². The zero-order valence-corrected chi connectivity index (χ0v) is 10.8. The van der Waals surface area contributed by atoms with E-state index in [2.05, 4.69) is 5.32 Å². The molecule has 1 aliphatic rings. The van der Waals surface area contributed by atoms with E-state index in [9.17, 15) is 4.79 Å². The topological polar surface area (TPSA) is 68.3 Å². The molecule has 98 valence electrons. The lowest BCUT2D eigenvalue weighted by Gasteiger charge is -2.13. The first-order valence-corrected chi connectivity index (χ1v) is 6.38. The van der Waals surface area contributed by atoms with E-state index in [-0.39, 0.29) is 11.9 Å². The van der Waals surface area contributed by atoms with Crippen LogP contribution in [0.25, 0.3) is 0 Å².